The molecule has 1 aliphatic rings. The van der Waals surface area contributed by atoms with Crippen LogP contribution in [0.15, 0.2) is 53.9 Å². The van der Waals surface area contributed by atoms with E-state index in [1.54, 1.807) is 0 Å². The summed E-state index contributed by atoms with van der Waals surface area (Å²) in [5.41, 5.74) is -2.41. The van der Waals surface area contributed by atoms with Crippen LogP contribution in [0.2, 0.25) is 0 Å². The van der Waals surface area contributed by atoms with Gasteiger partial charge >= 0.3 is 18.1 Å². The van der Waals surface area contributed by atoms with E-state index in [1.807, 2.05) is 0 Å². The van der Waals surface area contributed by atoms with E-state index in [1.165, 1.54) is 30.5 Å². The Balaban J connectivity index is 2.76. The van der Waals surface area contributed by atoms with Crippen molar-refractivity contribution in [2.45, 2.75) is 13.1 Å². The molecule has 0 atom stereocenters. The molecule has 0 saturated heterocycles. The number of halogens is 3. The number of benzene rings is 1. The van der Waals surface area contributed by atoms with Gasteiger partial charge in [0, 0.05) is 18.8 Å². The van der Waals surface area contributed by atoms with Gasteiger partial charge in [0.2, 0.25) is 5.91 Å². The number of alkyl halides is 3. The summed E-state index contributed by atoms with van der Waals surface area (Å²) >= 11 is 0. The Morgan fingerprint density at radius 3 is 2.24 bits per heavy atom. The Bertz CT molecular complexity index is 932. The average Bonchev–Trinajstić information content (AvgIpc) is 2.88. The predicted octanol–water partition coefficient (Wildman–Crippen LogP) is 3.15. The molecule has 0 aliphatic carbocycles. The van der Waals surface area contributed by atoms with Crippen molar-refractivity contribution in [3.63, 3.8) is 0 Å². The third-order valence-electron chi connectivity index (χ3n) is 3.77. The molecular weight excluding hydrogens is 393 g/mol. The largest absolute Gasteiger partial charge is 0.465 e. The maximum absolute atomic E-state index is 13.8. The summed E-state index contributed by atoms with van der Waals surface area (Å²) in [6, 6.07) is 3.04. The van der Waals surface area contributed by atoms with Crippen molar-refractivity contribution in [1.29, 1.82) is 0 Å². The highest BCUT2D eigenvalue weighted by Crippen LogP contribution is 2.40. The molecule has 1 aliphatic heterocycles. The number of hydrogen-bond donors (Lipinski definition) is 1. The van der Waals surface area contributed by atoms with E-state index in [2.05, 4.69) is 14.8 Å². The first-order valence-electron chi connectivity index (χ1n) is 8.14. The molecule has 29 heavy (non-hydrogen) atoms. The van der Waals surface area contributed by atoms with Gasteiger partial charge in [-0.1, -0.05) is 6.08 Å². The van der Waals surface area contributed by atoms with Crippen LogP contribution < -0.4 is 10.2 Å². The number of methoxy groups -OCH3 is 2. The van der Waals surface area contributed by atoms with E-state index >= 15 is 0 Å². The minimum absolute atomic E-state index is 0.0812. The average molecular weight is 410 g/mol. The Hall–Kier alpha value is -3.56. The molecule has 0 aromatic heterocycles. The minimum Gasteiger partial charge on any atom is -0.465 e. The normalized spacial score (nSPS) is 13.8. The SMILES string of the molecule is COC(=O)C1=C(C(=O)OC)N(c2ccc(NC(C)=O)cc2C(F)(F)F)C=CC=C1. The van der Waals surface area contributed by atoms with Gasteiger partial charge in [0.1, 0.15) is 5.70 Å². The maximum atomic E-state index is 13.8. The number of amides is 1. The Labute approximate surface area is 164 Å². The van der Waals surface area contributed by atoms with Crippen molar-refractivity contribution in [2.75, 3.05) is 24.4 Å². The number of carbonyl (C=O) groups excluding carboxylic acids is 3. The van der Waals surface area contributed by atoms with E-state index in [4.69, 9.17) is 0 Å². The second-order valence-electron chi connectivity index (χ2n) is 5.73. The van der Waals surface area contributed by atoms with Crippen LogP contribution in [-0.2, 0) is 30.0 Å². The van der Waals surface area contributed by atoms with Crippen LogP contribution in [0.5, 0.6) is 0 Å². The smallest absolute Gasteiger partial charge is 0.418 e. The zero-order chi connectivity index (χ0) is 21.8. The first kappa shape index (κ1) is 21.7. The molecule has 0 spiro atoms. The van der Waals surface area contributed by atoms with E-state index in [9.17, 15) is 27.6 Å². The fraction of sp³-hybridized carbons (Fsp3) is 0.211. The van der Waals surface area contributed by atoms with Gasteiger partial charge in [0.05, 0.1) is 31.0 Å². The predicted molar refractivity (Wildman–Crippen MR) is 97.6 cm³/mol. The van der Waals surface area contributed by atoms with Crippen molar-refractivity contribution >= 4 is 29.2 Å². The van der Waals surface area contributed by atoms with Crippen LogP contribution in [0.25, 0.3) is 0 Å². The number of hydrogen-bond acceptors (Lipinski definition) is 6. The fourth-order valence-electron chi connectivity index (χ4n) is 2.61. The number of carbonyl (C=O) groups is 3. The molecule has 0 fully saturated rings. The summed E-state index contributed by atoms with van der Waals surface area (Å²) in [5.74, 6) is -2.52. The van der Waals surface area contributed by atoms with Gasteiger partial charge in [-0.3, -0.25) is 4.79 Å². The van der Waals surface area contributed by atoms with E-state index in [0.29, 0.717) is 0 Å². The molecule has 1 N–H and O–H groups in total. The highest BCUT2D eigenvalue weighted by molar-refractivity contribution is 6.05. The van der Waals surface area contributed by atoms with E-state index in [0.717, 1.165) is 38.2 Å². The van der Waals surface area contributed by atoms with E-state index < -0.39 is 41.0 Å². The molecule has 2 rings (SSSR count). The summed E-state index contributed by atoms with van der Waals surface area (Å²) in [5, 5.41) is 2.28. The van der Waals surface area contributed by atoms with Gasteiger partial charge < -0.3 is 19.7 Å². The highest BCUT2D eigenvalue weighted by atomic mass is 19.4. The summed E-state index contributed by atoms with van der Waals surface area (Å²) in [4.78, 5) is 36.6. The van der Waals surface area contributed by atoms with Crippen LogP contribution in [-0.4, -0.2) is 32.1 Å². The summed E-state index contributed by atoms with van der Waals surface area (Å²) in [6.07, 6.45) is 0.299. The second kappa shape index (κ2) is 8.63. The van der Waals surface area contributed by atoms with Crippen molar-refractivity contribution in [1.82, 2.24) is 0 Å². The van der Waals surface area contributed by atoms with Gasteiger partial charge in [-0.05, 0) is 30.4 Å². The molecule has 10 heteroatoms. The lowest BCUT2D eigenvalue weighted by Gasteiger charge is -2.26. The van der Waals surface area contributed by atoms with Gasteiger partial charge in [0.25, 0.3) is 0 Å². The standard InChI is InChI=1S/C19H17F3N2O5/c1-11(25)23-12-7-8-15(14(10-12)19(20,21)22)24-9-5-4-6-13(17(26)28-2)16(24)18(27)29-3/h4-10H,1-3H3,(H,23,25). The van der Waals surface area contributed by atoms with Crippen molar-refractivity contribution in [3.05, 3.63) is 59.5 Å². The summed E-state index contributed by atoms with van der Waals surface area (Å²) in [7, 11) is 2.11. The van der Waals surface area contributed by atoms with Crippen LogP contribution >= 0.6 is 0 Å². The Morgan fingerprint density at radius 1 is 1.03 bits per heavy atom. The molecule has 0 saturated carbocycles. The quantitative estimate of drug-likeness (QED) is 0.768. The van der Waals surface area contributed by atoms with Crippen molar-refractivity contribution < 1.29 is 37.0 Å². The molecule has 0 bridgehead atoms. The number of ether oxygens (including phenoxy) is 2. The molecule has 1 aromatic rings. The number of rotatable bonds is 4. The zero-order valence-corrected chi connectivity index (χ0v) is 15.7. The van der Waals surface area contributed by atoms with Crippen LogP contribution in [0.1, 0.15) is 12.5 Å². The number of anilines is 2. The fourth-order valence-corrected chi connectivity index (χ4v) is 2.61. The molecule has 1 aromatic carbocycles. The third kappa shape index (κ3) is 4.84. The molecule has 0 radical (unpaired) electrons. The van der Waals surface area contributed by atoms with Gasteiger partial charge in [-0.15, -0.1) is 0 Å². The lowest BCUT2D eigenvalue weighted by molar-refractivity contribution is -0.139. The number of nitrogens with zero attached hydrogens (tertiary/aromatic N) is 1. The second-order valence-corrected chi connectivity index (χ2v) is 5.73. The highest BCUT2D eigenvalue weighted by Gasteiger charge is 2.37. The van der Waals surface area contributed by atoms with Crippen LogP contribution in [0, 0.1) is 0 Å². The Kier molecular flexibility index (Phi) is 6.47. The van der Waals surface area contributed by atoms with Gasteiger partial charge in [-0.25, -0.2) is 9.59 Å². The van der Waals surface area contributed by atoms with Crippen LogP contribution in [0.3, 0.4) is 0 Å². The lowest BCUT2D eigenvalue weighted by atomic mass is 10.1. The molecular formula is C19H17F3N2O5. The third-order valence-corrected chi connectivity index (χ3v) is 3.77. The topological polar surface area (TPSA) is 84.9 Å². The van der Waals surface area contributed by atoms with Gasteiger partial charge in [-0.2, -0.15) is 13.2 Å². The summed E-state index contributed by atoms with van der Waals surface area (Å²) in [6.45, 7) is 1.16. The first-order valence-corrected chi connectivity index (χ1v) is 8.14. The monoisotopic (exact) mass is 410 g/mol. The number of nitrogens with one attached hydrogen (secondary N) is 1. The molecule has 1 amide bonds. The first-order chi connectivity index (χ1) is 13.6. The van der Waals surface area contributed by atoms with Gasteiger partial charge in [0.15, 0.2) is 0 Å². The molecule has 7 nitrogen and oxygen atoms in total. The molecule has 154 valence electrons. The Morgan fingerprint density at radius 2 is 1.69 bits per heavy atom. The van der Waals surface area contributed by atoms with E-state index in [-0.39, 0.29) is 11.3 Å². The molecule has 0 unspecified atom stereocenters. The summed E-state index contributed by atoms with van der Waals surface area (Å²) < 4.78 is 50.6. The van der Waals surface area contributed by atoms with Crippen molar-refractivity contribution in [3.8, 4) is 0 Å². The minimum atomic E-state index is -4.83. The zero-order valence-electron chi connectivity index (χ0n) is 15.7. The van der Waals surface area contributed by atoms with Crippen molar-refractivity contribution in [2.24, 2.45) is 0 Å². The number of esters is 2. The van der Waals surface area contributed by atoms with Crippen LogP contribution in [0.4, 0.5) is 24.5 Å². The lowest BCUT2D eigenvalue weighted by Crippen LogP contribution is -2.28. The molecule has 1 heterocycles. The number of allylic oxidation sites excluding steroid dienone is 2. The maximum Gasteiger partial charge on any atom is 0.418 e.